The van der Waals surface area contributed by atoms with Crippen LogP contribution < -0.4 is 4.74 Å². The van der Waals surface area contributed by atoms with E-state index in [2.05, 4.69) is 26.7 Å². The van der Waals surface area contributed by atoms with E-state index in [9.17, 15) is 13.2 Å². The molecule has 0 atom stereocenters. The van der Waals surface area contributed by atoms with Crippen molar-refractivity contribution in [2.24, 2.45) is 0 Å². The number of ether oxygens (including phenoxy) is 2. The lowest BCUT2D eigenvalue weighted by molar-refractivity contribution is -0.137. The van der Waals surface area contributed by atoms with E-state index >= 15 is 0 Å². The number of hydrogen-bond donors (Lipinski definition) is 0. The molecule has 0 unspecified atom stereocenters. The summed E-state index contributed by atoms with van der Waals surface area (Å²) in [7, 11) is 0. The predicted molar refractivity (Wildman–Crippen MR) is 112 cm³/mol. The molecule has 5 nitrogen and oxygen atoms in total. The molecule has 1 saturated heterocycles. The molecule has 0 radical (unpaired) electrons. The van der Waals surface area contributed by atoms with Crippen molar-refractivity contribution in [1.82, 2.24) is 14.9 Å². The molecule has 0 amide bonds. The summed E-state index contributed by atoms with van der Waals surface area (Å²) in [5.41, 5.74) is 1.56. The second kappa shape index (κ2) is 9.64. The van der Waals surface area contributed by atoms with Crippen LogP contribution in [0.1, 0.15) is 23.2 Å². The van der Waals surface area contributed by atoms with Gasteiger partial charge in [0.1, 0.15) is 11.0 Å². The Morgan fingerprint density at radius 3 is 2.45 bits per heavy atom. The third kappa shape index (κ3) is 5.73. The summed E-state index contributed by atoms with van der Waals surface area (Å²) in [6.07, 6.45) is -3.54. The highest BCUT2D eigenvalue weighted by Crippen LogP contribution is 2.29. The molecule has 0 spiro atoms. The molecule has 0 N–H and O–H groups in total. The third-order valence-electron chi connectivity index (χ3n) is 4.78. The van der Waals surface area contributed by atoms with Crippen LogP contribution in [0.25, 0.3) is 11.0 Å². The van der Waals surface area contributed by atoms with Crippen molar-refractivity contribution in [2.45, 2.75) is 12.6 Å². The molecule has 0 bridgehead atoms. The largest absolute Gasteiger partial charge is 0.476 e. The first-order valence-electron chi connectivity index (χ1n) is 9.85. The SMILES string of the molecule is FC(F)(F)c1ccc(C#Cc2nc3cscc3nc2OCCCN2CCOCC2)cc1. The topological polar surface area (TPSA) is 47.5 Å². The smallest absolute Gasteiger partial charge is 0.416 e. The number of nitrogens with zero attached hydrogens (tertiary/aromatic N) is 3. The van der Waals surface area contributed by atoms with Gasteiger partial charge in [-0.25, -0.2) is 9.97 Å². The standard InChI is InChI=1S/C22H20F3N3O2S/c23-22(24,25)17-5-2-16(3-6-17)4-7-18-21(27-20-15-31-14-19(20)26-18)30-11-1-8-28-9-12-29-13-10-28/h2-3,5-6,14-15H,1,8-13H2. The number of thiophene rings is 1. The lowest BCUT2D eigenvalue weighted by Gasteiger charge is -2.26. The Balaban J connectivity index is 1.47. The number of aromatic nitrogens is 2. The molecule has 2 aromatic heterocycles. The Morgan fingerprint density at radius 1 is 1.03 bits per heavy atom. The normalized spacial score (nSPS) is 14.9. The average molecular weight is 447 g/mol. The third-order valence-corrected chi connectivity index (χ3v) is 5.50. The minimum atomic E-state index is -4.37. The number of morpholine rings is 1. The van der Waals surface area contributed by atoms with Gasteiger partial charge in [0.15, 0.2) is 5.69 Å². The van der Waals surface area contributed by atoms with Crippen LogP contribution >= 0.6 is 11.3 Å². The summed E-state index contributed by atoms with van der Waals surface area (Å²) in [6, 6.07) is 4.71. The zero-order valence-electron chi connectivity index (χ0n) is 16.6. The molecule has 4 rings (SSSR count). The number of alkyl halides is 3. The predicted octanol–water partition coefficient (Wildman–Crippen LogP) is 4.21. The molecule has 1 aliphatic heterocycles. The van der Waals surface area contributed by atoms with Gasteiger partial charge in [0, 0.05) is 36.0 Å². The Bertz CT molecular complexity index is 1080. The summed E-state index contributed by atoms with van der Waals surface area (Å²) in [5, 5.41) is 3.75. The van der Waals surface area contributed by atoms with Crippen LogP contribution in [0.15, 0.2) is 35.0 Å². The highest BCUT2D eigenvalue weighted by molar-refractivity contribution is 7.09. The van der Waals surface area contributed by atoms with E-state index in [0.717, 1.165) is 56.9 Å². The van der Waals surface area contributed by atoms with Crippen LogP contribution in [-0.2, 0) is 10.9 Å². The quantitative estimate of drug-likeness (QED) is 0.433. The van der Waals surface area contributed by atoms with Crippen molar-refractivity contribution in [1.29, 1.82) is 0 Å². The zero-order chi connectivity index (χ0) is 21.7. The molecule has 3 heterocycles. The van der Waals surface area contributed by atoms with Crippen molar-refractivity contribution >= 4 is 22.4 Å². The van der Waals surface area contributed by atoms with Gasteiger partial charge in [0.2, 0.25) is 5.88 Å². The van der Waals surface area contributed by atoms with Crippen molar-refractivity contribution in [3.8, 4) is 17.7 Å². The molecular formula is C22H20F3N3O2S. The maximum atomic E-state index is 12.7. The summed E-state index contributed by atoms with van der Waals surface area (Å²) in [5.74, 6) is 6.11. The van der Waals surface area contributed by atoms with Crippen molar-refractivity contribution in [2.75, 3.05) is 39.5 Å². The number of rotatable bonds is 5. The number of fused-ring (bicyclic) bond motifs is 1. The van der Waals surface area contributed by atoms with Crippen LogP contribution in [-0.4, -0.2) is 54.3 Å². The van der Waals surface area contributed by atoms with Crippen molar-refractivity contribution < 1.29 is 22.6 Å². The van der Waals surface area contributed by atoms with E-state index in [-0.39, 0.29) is 0 Å². The Morgan fingerprint density at radius 2 is 1.74 bits per heavy atom. The monoisotopic (exact) mass is 447 g/mol. The van der Waals surface area contributed by atoms with Gasteiger partial charge in [-0.2, -0.15) is 13.2 Å². The van der Waals surface area contributed by atoms with Crippen LogP contribution in [0.5, 0.6) is 5.88 Å². The fraction of sp³-hybridized carbons (Fsp3) is 0.364. The van der Waals surface area contributed by atoms with Gasteiger partial charge < -0.3 is 9.47 Å². The number of benzene rings is 1. The Kier molecular flexibility index (Phi) is 6.70. The summed E-state index contributed by atoms with van der Waals surface area (Å²) in [4.78, 5) is 11.4. The maximum Gasteiger partial charge on any atom is 0.416 e. The Labute approximate surface area is 181 Å². The average Bonchev–Trinajstić information content (AvgIpc) is 3.22. The van der Waals surface area contributed by atoms with Crippen molar-refractivity contribution in [3.05, 3.63) is 51.8 Å². The van der Waals surface area contributed by atoms with Gasteiger partial charge in [-0.1, -0.05) is 5.92 Å². The summed E-state index contributed by atoms with van der Waals surface area (Å²) >= 11 is 1.48. The second-order valence-electron chi connectivity index (χ2n) is 7.00. The highest BCUT2D eigenvalue weighted by Gasteiger charge is 2.29. The molecular weight excluding hydrogens is 427 g/mol. The summed E-state index contributed by atoms with van der Waals surface area (Å²) in [6.45, 7) is 4.73. The molecule has 9 heteroatoms. The van der Waals surface area contributed by atoms with Gasteiger partial charge in [0.25, 0.3) is 0 Å². The van der Waals surface area contributed by atoms with E-state index in [4.69, 9.17) is 9.47 Å². The van der Waals surface area contributed by atoms with Gasteiger partial charge in [-0.15, -0.1) is 11.3 Å². The first-order chi connectivity index (χ1) is 15.0. The van der Waals surface area contributed by atoms with Crippen LogP contribution in [0, 0.1) is 11.8 Å². The van der Waals surface area contributed by atoms with E-state index in [0.29, 0.717) is 29.3 Å². The van der Waals surface area contributed by atoms with E-state index in [1.165, 1.54) is 23.5 Å². The van der Waals surface area contributed by atoms with E-state index in [1.54, 1.807) is 0 Å². The fourth-order valence-corrected chi connectivity index (χ4v) is 3.79. The minimum absolute atomic E-state index is 0.340. The molecule has 1 aliphatic rings. The number of halogens is 3. The first-order valence-corrected chi connectivity index (χ1v) is 10.8. The van der Waals surface area contributed by atoms with Gasteiger partial charge in [-0.05, 0) is 36.6 Å². The Hall–Kier alpha value is -2.67. The van der Waals surface area contributed by atoms with Gasteiger partial charge >= 0.3 is 6.18 Å². The second-order valence-corrected chi connectivity index (χ2v) is 7.74. The minimum Gasteiger partial charge on any atom is -0.476 e. The molecule has 162 valence electrons. The highest BCUT2D eigenvalue weighted by atomic mass is 32.1. The van der Waals surface area contributed by atoms with Crippen molar-refractivity contribution in [3.63, 3.8) is 0 Å². The van der Waals surface area contributed by atoms with Crippen LogP contribution in [0.2, 0.25) is 0 Å². The molecule has 0 saturated carbocycles. The van der Waals surface area contributed by atoms with Crippen LogP contribution in [0.3, 0.4) is 0 Å². The maximum absolute atomic E-state index is 12.7. The molecule has 1 fully saturated rings. The molecule has 1 aromatic carbocycles. The van der Waals surface area contributed by atoms with Gasteiger partial charge in [-0.3, -0.25) is 4.90 Å². The lowest BCUT2D eigenvalue weighted by atomic mass is 10.1. The zero-order valence-corrected chi connectivity index (χ0v) is 17.4. The molecule has 31 heavy (non-hydrogen) atoms. The van der Waals surface area contributed by atoms with Gasteiger partial charge in [0.05, 0.1) is 25.4 Å². The fourth-order valence-electron chi connectivity index (χ4n) is 3.12. The molecule has 0 aliphatic carbocycles. The number of hydrogen-bond acceptors (Lipinski definition) is 6. The first kappa shape index (κ1) is 21.6. The lowest BCUT2D eigenvalue weighted by Crippen LogP contribution is -2.37. The van der Waals surface area contributed by atoms with E-state index in [1.807, 2.05) is 10.8 Å². The van der Waals surface area contributed by atoms with E-state index < -0.39 is 11.7 Å². The summed E-state index contributed by atoms with van der Waals surface area (Å²) < 4.78 is 49.4. The molecule has 3 aromatic rings. The van der Waals surface area contributed by atoms with Crippen LogP contribution in [0.4, 0.5) is 13.2 Å².